The maximum Gasteiger partial charge on any atom is 0.119 e. The Morgan fingerprint density at radius 3 is 2.33 bits per heavy atom. The molecule has 0 saturated carbocycles. The van der Waals surface area contributed by atoms with E-state index in [0.717, 1.165) is 16.9 Å². The van der Waals surface area contributed by atoms with Crippen LogP contribution in [0.3, 0.4) is 0 Å². The fraction of sp³-hybridized carbons (Fsp3) is 0.500. The third-order valence-electron chi connectivity index (χ3n) is 2.22. The van der Waals surface area contributed by atoms with Crippen molar-refractivity contribution in [1.29, 1.82) is 0 Å². The van der Waals surface area contributed by atoms with Crippen LogP contribution >= 0.6 is 0 Å². The Labute approximate surface area is 90.6 Å². The Morgan fingerprint density at radius 2 is 1.87 bits per heavy atom. The van der Waals surface area contributed by atoms with Gasteiger partial charge in [-0.05, 0) is 37.1 Å². The molecule has 0 saturated heterocycles. The second-order valence-electron chi connectivity index (χ2n) is 4.06. The van der Waals surface area contributed by atoms with Gasteiger partial charge in [0, 0.05) is 7.11 Å². The molecule has 0 aliphatic rings. The molecule has 0 amide bonds. The number of aliphatic hydroxyl groups is 1. The van der Waals surface area contributed by atoms with Crippen molar-refractivity contribution in [3.8, 4) is 5.75 Å². The largest absolute Gasteiger partial charge is 0.497 e. The van der Waals surface area contributed by atoms with E-state index in [2.05, 4.69) is 0 Å². The maximum absolute atomic E-state index is 9.91. The first-order chi connectivity index (χ1) is 6.97. The van der Waals surface area contributed by atoms with Crippen molar-refractivity contribution in [1.82, 2.24) is 0 Å². The van der Waals surface area contributed by atoms with Gasteiger partial charge in [-0.1, -0.05) is 6.07 Å². The van der Waals surface area contributed by atoms with Crippen LogP contribution in [0.25, 0.3) is 0 Å². The van der Waals surface area contributed by atoms with E-state index >= 15 is 0 Å². The summed E-state index contributed by atoms with van der Waals surface area (Å²) in [7, 11) is 3.25. The summed E-state index contributed by atoms with van der Waals surface area (Å²) in [5, 5.41) is 9.91. The van der Waals surface area contributed by atoms with Gasteiger partial charge >= 0.3 is 0 Å². The third kappa shape index (κ3) is 3.22. The Balaban J connectivity index is 3.11. The average Bonchev–Trinajstić information content (AvgIpc) is 2.16. The highest BCUT2D eigenvalue weighted by atomic mass is 16.5. The van der Waals surface area contributed by atoms with Crippen molar-refractivity contribution in [3.63, 3.8) is 0 Å². The fourth-order valence-corrected chi connectivity index (χ4v) is 1.38. The van der Waals surface area contributed by atoms with Crippen LogP contribution in [-0.4, -0.2) is 19.3 Å². The molecule has 0 aliphatic carbocycles. The molecule has 1 aromatic carbocycles. The van der Waals surface area contributed by atoms with Crippen LogP contribution in [0.4, 0.5) is 0 Å². The van der Waals surface area contributed by atoms with Gasteiger partial charge in [-0.15, -0.1) is 0 Å². The Morgan fingerprint density at radius 1 is 1.20 bits per heavy atom. The predicted octanol–water partition coefficient (Wildman–Crippen LogP) is 2.07. The zero-order chi connectivity index (χ0) is 11.5. The van der Waals surface area contributed by atoms with Gasteiger partial charge in [-0.25, -0.2) is 0 Å². The summed E-state index contributed by atoms with van der Waals surface area (Å²) in [5.74, 6) is 0.738. The van der Waals surface area contributed by atoms with Gasteiger partial charge in [0.05, 0.1) is 19.3 Å². The zero-order valence-corrected chi connectivity index (χ0v) is 9.70. The first kappa shape index (κ1) is 12.0. The Bertz CT molecular complexity index is 326. The lowest BCUT2D eigenvalue weighted by molar-refractivity contribution is 0.0780. The number of ether oxygens (including phenoxy) is 2. The molecule has 1 N–H and O–H groups in total. The normalized spacial score (nSPS) is 11.5. The predicted molar refractivity (Wildman–Crippen MR) is 59.0 cm³/mol. The van der Waals surface area contributed by atoms with Gasteiger partial charge in [-0.2, -0.15) is 0 Å². The van der Waals surface area contributed by atoms with Crippen LogP contribution in [0.2, 0.25) is 0 Å². The van der Waals surface area contributed by atoms with Gasteiger partial charge in [0.25, 0.3) is 0 Å². The van der Waals surface area contributed by atoms with Gasteiger partial charge in [0.1, 0.15) is 5.75 Å². The van der Waals surface area contributed by atoms with E-state index < -0.39 is 5.60 Å². The Hall–Kier alpha value is -1.06. The minimum absolute atomic E-state index is 0.514. The van der Waals surface area contributed by atoms with Crippen LogP contribution in [0.1, 0.15) is 25.0 Å². The molecule has 0 radical (unpaired) electrons. The number of methoxy groups -OCH3 is 2. The smallest absolute Gasteiger partial charge is 0.119 e. The first-order valence-electron chi connectivity index (χ1n) is 4.87. The van der Waals surface area contributed by atoms with E-state index in [-0.39, 0.29) is 0 Å². The molecule has 0 atom stereocenters. The van der Waals surface area contributed by atoms with Crippen molar-refractivity contribution in [2.24, 2.45) is 0 Å². The molecule has 0 unspecified atom stereocenters. The van der Waals surface area contributed by atoms with E-state index in [1.807, 2.05) is 18.2 Å². The van der Waals surface area contributed by atoms with Crippen molar-refractivity contribution >= 4 is 0 Å². The second-order valence-corrected chi connectivity index (χ2v) is 4.06. The summed E-state index contributed by atoms with van der Waals surface area (Å²) in [6.45, 7) is 4.01. The summed E-state index contributed by atoms with van der Waals surface area (Å²) in [6.07, 6.45) is 0. The molecule has 84 valence electrons. The van der Waals surface area contributed by atoms with Crippen molar-refractivity contribution in [2.45, 2.75) is 26.1 Å². The van der Waals surface area contributed by atoms with E-state index in [4.69, 9.17) is 9.47 Å². The quantitative estimate of drug-likeness (QED) is 0.826. The van der Waals surface area contributed by atoms with E-state index in [9.17, 15) is 5.11 Å². The van der Waals surface area contributed by atoms with Gasteiger partial charge in [0.2, 0.25) is 0 Å². The minimum atomic E-state index is -0.864. The molecular weight excluding hydrogens is 192 g/mol. The highest BCUT2D eigenvalue weighted by molar-refractivity contribution is 5.36. The molecule has 0 aromatic heterocycles. The first-order valence-corrected chi connectivity index (χ1v) is 4.87. The molecule has 0 bridgehead atoms. The molecule has 1 aromatic rings. The standard InChI is InChI=1S/C12H18O3/c1-12(2,13)10-5-9(8-14-3)6-11(7-10)15-4/h5-7,13H,8H2,1-4H3. The lowest BCUT2D eigenvalue weighted by Crippen LogP contribution is -2.16. The monoisotopic (exact) mass is 210 g/mol. The van der Waals surface area contributed by atoms with Crippen molar-refractivity contribution in [2.75, 3.05) is 14.2 Å². The van der Waals surface area contributed by atoms with Crippen molar-refractivity contribution in [3.05, 3.63) is 29.3 Å². The summed E-state index contributed by atoms with van der Waals surface area (Å²) in [6, 6.07) is 5.66. The molecule has 0 fully saturated rings. The summed E-state index contributed by atoms with van der Waals surface area (Å²) in [4.78, 5) is 0. The van der Waals surface area contributed by atoms with Gasteiger partial charge < -0.3 is 14.6 Å². The van der Waals surface area contributed by atoms with E-state index in [0.29, 0.717) is 6.61 Å². The average molecular weight is 210 g/mol. The summed E-state index contributed by atoms with van der Waals surface area (Å²) in [5.41, 5.74) is 0.958. The lowest BCUT2D eigenvalue weighted by Gasteiger charge is -2.19. The maximum atomic E-state index is 9.91. The second kappa shape index (κ2) is 4.64. The number of benzene rings is 1. The van der Waals surface area contributed by atoms with Crippen LogP contribution in [0.5, 0.6) is 5.75 Å². The summed E-state index contributed by atoms with van der Waals surface area (Å²) < 4.78 is 10.2. The SMILES string of the molecule is COCc1cc(OC)cc(C(C)(C)O)c1. The molecular formula is C12H18O3. The highest BCUT2D eigenvalue weighted by Crippen LogP contribution is 2.26. The van der Waals surface area contributed by atoms with Crippen LogP contribution in [0.15, 0.2) is 18.2 Å². The van der Waals surface area contributed by atoms with Crippen LogP contribution < -0.4 is 4.74 Å². The molecule has 15 heavy (non-hydrogen) atoms. The van der Waals surface area contributed by atoms with Gasteiger partial charge in [0.15, 0.2) is 0 Å². The third-order valence-corrected chi connectivity index (χ3v) is 2.22. The van der Waals surface area contributed by atoms with Crippen molar-refractivity contribution < 1.29 is 14.6 Å². The molecule has 0 aliphatic heterocycles. The Kier molecular flexibility index (Phi) is 3.72. The number of hydrogen-bond donors (Lipinski definition) is 1. The topological polar surface area (TPSA) is 38.7 Å². The lowest BCUT2D eigenvalue weighted by atomic mass is 9.96. The van der Waals surface area contributed by atoms with Crippen LogP contribution in [-0.2, 0) is 16.9 Å². The fourth-order valence-electron chi connectivity index (χ4n) is 1.38. The highest BCUT2D eigenvalue weighted by Gasteiger charge is 2.17. The molecule has 3 heteroatoms. The molecule has 1 rings (SSSR count). The van der Waals surface area contributed by atoms with Gasteiger partial charge in [-0.3, -0.25) is 0 Å². The number of hydrogen-bond acceptors (Lipinski definition) is 3. The molecule has 0 heterocycles. The summed E-state index contributed by atoms with van der Waals surface area (Å²) >= 11 is 0. The van der Waals surface area contributed by atoms with E-state index in [1.165, 1.54) is 0 Å². The van der Waals surface area contributed by atoms with E-state index in [1.54, 1.807) is 28.1 Å². The molecule has 0 spiro atoms. The molecule has 3 nitrogen and oxygen atoms in total. The minimum Gasteiger partial charge on any atom is -0.497 e. The number of rotatable bonds is 4. The van der Waals surface area contributed by atoms with Crippen LogP contribution in [0, 0.1) is 0 Å². The zero-order valence-electron chi connectivity index (χ0n) is 9.70.